The molecule has 0 spiro atoms. The third kappa shape index (κ3) is 3.01. The molecule has 4 heteroatoms. The summed E-state index contributed by atoms with van der Waals surface area (Å²) in [6.45, 7) is 3.78. The van der Waals surface area contributed by atoms with E-state index in [2.05, 4.69) is 32.6 Å². The van der Waals surface area contributed by atoms with Gasteiger partial charge in [0.1, 0.15) is 0 Å². The van der Waals surface area contributed by atoms with Crippen LogP contribution in [-0.2, 0) is 13.0 Å². The molecule has 0 unspecified atom stereocenters. The Labute approximate surface area is 132 Å². The Hall–Kier alpha value is -1.65. The number of hydrogen-bond acceptors (Lipinski definition) is 2. The van der Waals surface area contributed by atoms with E-state index in [0.29, 0.717) is 5.56 Å². The Balaban J connectivity index is 1.88. The summed E-state index contributed by atoms with van der Waals surface area (Å²) in [7, 11) is 0. The minimum atomic E-state index is -0.0491. The Kier molecular flexibility index (Phi) is 4.08. The van der Waals surface area contributed by atoms with Gasteiger partial charge in [0.15, 0.2) is 0 Å². The van der Waals surface area contributed by atoms with Crippen molar-refractivity contribution < 1.29 is 4.79 Å². The highest BCUT2D eigenvalue weighted by molar-refractivity contribution is 9.10. The number of nitrogens with one attached hydrogen (secondary N) is 2. The predicted octanol–water partition coefficient (Wildman–Crippen LogP) is 3.66. The van der Waals surface area contributed by atoms with Crippen molar-refractivity contribution in [3.63, 3.8) is 0 Å². The number of rotatable bonds is 2. The standard InChI is InChI=1S/C17H17BrN2O/c1-11-9-13(18)5-6-14(11)17(21)20-16-4-2-3-12-10-19-8-7-15(12)16/h2-6,9,19H,7-8,10H2,1H3,(H,20,21). The molecule has 0 atom stereocenters. The number of anilines is 1. The fourth-order valence-corrected chi connectivity index (χ4v) is 3.20. The first-order valence-electron chi connectivity index (χ1n) is 7.04. The van der Waals surface area contributed by atoms with E-state index in [1.165, 1.54) is 11.1 Å². The quantitative estimate of drug-likeness (QED) is 0.872. The third-order valence-electron chi connectivity index (χ3n) is 3.82. The highest BCUT2D eigenvalue weighted by atomic mass is 79.9. The molecular formula is C17H17BrN2O. The molecule has 3 nitrogen and oxygen atoms in total. The maximum absolute atomic E-state index is 12.5. The van der Waals surface area contributed by atoms with Crippen molar-refractivity contribution in [1.82, 2.24) is 5.32 Å². The molecule has 1 aliphatic rings. The molecule has 21 heavy (non-hydrogen) atoms. The normalized spacial score (nSPS) is 13.6. The molecule has 1 amide bonds. The summed E-state index contributed by atoms with van der Waals surface area (Å²) < 4.78 is 0.986. The second-order valence-electron chi connectivity index (χ2n) is 5.28. The van der Waals surface area contributed by atoms with Gasteiger partial charge in [-0.15, -0.1) is 0 Å². The van der Waals surface area contributed by atoms with Crippen LogP contribution in [0.5, 0.6) is 0 Å². The average molecular weight is 345 g/mol. The van der Waals surface area contributed by atoms with E-state index in [0.717, 1.165) is 35.2 Å². The van der Waals surface area contributed by atoms with E-state index in [1.54, 1.807) is 0 Å². The average Bonchev–Trinajstić information content (AvgIpc) is 2.47. The molecule has 0 aliphatic carbocycles. The van der Waals surface area contributed by atoms with Gasteiger partial charge in [0.25, 0.3) is 5.91 Å². The van der Waals surface area contributed by atoms with Crippen LogP contribution in [0.4, 0.5) is 5.69 Å². The van der Waals surface area contributed by atoms with Gasteiger partial charge in [-0.3, -0.25) is 4.79 Å². The van der Waals surface area contributed by atoms with Gasteiger partial charge in [-0.25, -0.2) is 0 Å². The van der Waals surface area contributed by atoms with E-state index in [1.807, 2.05) is 37.3 Å². The van der Waals surface area contributed by atoms with Crippen LogP contribution in [0.2, 0.25) is 0 Å². The first kappa shape index (κ1) is 14.3. The van der Waals surface area contributed by atoms with Crippen molar-refractivity contribution in [1.29, 1.82) is 0 Å². The molecule has 0 bridgehead atoms. The van der Waals surface area contributed by atoms with Crippen LogP contribution in [0.3, 0.4) is 0 Å². The lowest BCUT2D eigenvalue weighted by Crippen LogP contribution is -2.25. The lowest BCUT2D eigenvalue weighted by molar-refractivity contribution is 0.102. The first-order valence-corrected chi connectivity index (χ1v) is 7.83. The topological polar surface area (TPSA) is 41.1 Å². The van der Waals surface area contributed by atoms with Gasteiger partial charge in [-0.05, 0) is 60.8 Å². The van der Waals surface area contributed by atoms with Gasteiger partial charge >= 0.3 is 0 Å². The Morgan fingerprint density at radius 3 is 2.95 bits per heavy atom. The van der Waals surface area contributed by atoms with Crippen LogP contribution >= 0.6 is 15.9 Å². The number of benzene rings is 2. The summed E-state index contributed by atoms with van der Waals surface area (Å²) in [5, 5.41) is 6.42. The highest BCUT2D eigenvalue weighted by Gasteiger charge is 2.15. The molecule has 2 N–H and O–H groups in total. The monoisotopic (exact) mass is 344 g/mol. The maximum Gasteiger partial charge on any atom is 0.255 e. The van der Waals surface area contributed by atoms with E-state index < -0.39 is 0 Å². The molecule has 3 rings (SSSR count). The van der Waals surface area contributed by atoms with Gasteiger partial charge in [-0.2, -0.15) is 0 Å². The minimum Gasteiger partial charge on any atom is -0.322 e. The van der Waals surface area contributed by atoms with Crippen molar-refractivity contribution in [3.8, 4) is 0 Å². The summed E-state index contributed by atoms with van der Waals surface area (Å²) in [6.07, 6.45) is 0.950. The zero-order valence-electron chi connectivity index (χ0n) is 11.9. The van der Waals surface area contributed by atoms with Crippen LogP contribution in [0.25, 0.3) is 0 Å². The Bertz CT molecular complexity index is 697. The van der Waals surface area contributed by atoms with Crippen LogP contribution in [0.1, 0.15) is 27.0 Å². The molecule has 1 heterocycles. The molecule has 0 aromatic heterocycles. The van der Waals surface area contributed by atoms with Crippen molar-refractivity contribution in [2.75, 3.05) is 11.9 Å². The second-order valence-corrected chi connectivity index (χ2v) is 6.20. The Morgan fingerprint density at radius 1 is 1.29 bits per heavy atom. The molecule has 0 fully saturated rings. The van der Waals surface area contributed by atoms with Crippen LogP contribution in [0, 0.1) is 6.92 Å². The molecule has 108 valence electrons. The fraction of sp³-hybridized carbons (Fsp3) is 0.235. The van der Waals surface area contributed by atoms with E-state index >= 15 is 0 Å². The third-order valence-corrected chi connectivity index (χ3v) is 4.31. The number of carbonyl (C=O) groups excluding carboxylic acids is 1. The zero-order chi connectivity index (χ0) is 14.8. The van der Waals surface area contributed by atoms with Gasteiger partial charge in [-0.1, -0.05) is 28.1 Å². The van der Waals surface area contributed by atoms with Crippen molar-refractivity contribution in [2.45, 2.75) is 19.9 Å². The SMILES string of the molecule is Cc1cc(Br)ccc1C(=O)Nc1cccc2c1CCNC2. The smallest absolute Gasteiger partial charge is 0.255 e. The lowest BCUT2D eigenvalue weighted by Gasteiger charge is -2.20. The van der Waals surface area contributed by atoms with E-state index in [-0.39, 0.29) is 5.91 Å². The van der Waals surface area contributed by atoms with Gasteiger partial charge < -0.3 is 10.6 Å². The Morgan fingerprint density at radius 2 is 2.14 bits per heavy atom. The summed E-state index contributed by atoms with van der Waals surface area (Å²) >= 11 is 3.42. The van der Waals surface area contributed by atoms with Crippen molar-refractivity contribution >= 4 is 27.5 Å². The number of aryl methyl sites for hydroxylation is 1. The number of fused-ring (bicyclic) bond motifs is 1. The number of carbonyl (C=O) groups is 1. The summed E-state index contributed by atoms with van der Waals surface area (Å²) in [4.78, 5) is 12.5. The molecule has 0 saturated heterocycles. The molecule has 1 aliphatic heterocycles. The van der Waals surface area contributed by atoms with Crippen molar-refractivity contribution in [3.05, 3.63) is 63.1 Å². The van der Waals surface area contributed by atoms with Crippen molar-refractivity contribution in [2.24, 2.45) is 0 Å². The van der Waals surface area contributed by atoms with Gasteiger partial charge in [0.2, 0.25) is 0 Å². The van der Waals surface area contributed by atoms with E-state index in [9.17, 15) is 4.79 Å². The van der Waals surface area contributed by atoms with Crippen LogP contribution < -0.4 is 10.6 Å². The maximum atomic E-state index is 12.5. The second kappa shape index (κ2) is 6.00. The summed E-state index contributed by atoms with van der Waals surface area (Å²) in [6, 6.07) is 11.8. The van der Waals surface area contributed by atoms with Gasteiger partial charge in [0, 0.05) is 22.3 Å². The minimum absolute atomic E-state index is 0.0491. The predicted molar refractivity (Wildman–Crippen MR) is 88.7 cm³/mol. The zero-order valence-corrected chi connectivity index (χ0v) is 13.5. The van der Waals surface area contributed by atoms with Crippen LogP contribution in [-0.4, -0.2) is 12.5 Å². The lowest BCUT2D eigenvalue weighted by atomic mass is 9.98. The summed E-state index contributed by atoms with van der Waals surface area (Å²) in [5.41, 5.74) is 5.13. The fourth-order valence-electron chi connectivity index (χ4n) is 2.72. The molecule has 2 aromatic rings. The molecule has 2 aromatic carbocycles. The molecular weight excluding hydrogens is 328 g/mol. The number of amides is 1. The summed E-state index contributed by atoms with van der Waals surface area (Å²) in [5.74, 6) is -0.0491. The first-order chi connectivity index (χ1) is 10.1. The van der Waals surface area contributed by atoms with E-state index in [4.69, 9.17) is 0 Å². The highest BCUT2D eigenvalue weighted by Crippen LogP contribution is 2.24. The van der Waals surface area contributed by atoms with Gasteiger partial charge in [0.05, 0.1) is 0 Å². The van der Waals surface area contributed by atoms with Crippen LogP contribution in [0.15, 0.2) is 40.9 Å². The molecule has 0 radical (unpaired) electrons. The number of hydrogen-bond donors (Lipinski definition) is 2. The number of halogens is 1. The largest absolute Gasteiger partial charge is 0.322 e. The molecule has 0 saturated carbocycles.